The van der Waals surface area contributed by atoms with Gasteiger partial charge in [-0.25, -0.2) is 4.79 Å². The number of ether oxygens (including phenoxy) is 1. The maximum atomic E-state index is 14.2. The van der Waals surface area contributed by atoms with Gasteiger partial charge in [0.25, 0.3) is 0 Å². The minimum Gasteiger partial charge on any atom is -0.508 e. The third-order valence-corrected chi connectivity index (χ3v) is 6.63. The summed E-state index contributed by atoms with van der Waals surface area (Å²) in [4.78, 5) is 53.8. The minimum atomic E-state index is -1.14. The van der Waals surface area contributed by atoms with Crippen molar-refractivity contribution in [1.82, 2.24) is 15.5 Å². The number of nitrogens with two attached hydrogens (primary N) is 1. The van der Waals surface area contributed by atoms with Gasteiger partial charge in [-0.3, -0.25) is 14.4 Å². The fourth-order valence-electron chi connectivity index (χ4n) is 4.45. The molecule has 1 aromatic rings. The molecule has 0 heterocycles. The average Bonchev–Trinajstić information content (AvgIpc) is 2.88. The van der Waals surface area contributed by atoms with Crippen molar-refractivity contribution in [3.8, 4) is 5.75 Å². The Morgan fingerprint density at radius 1 is 1.00 bits per heavy atom. The van der Waals surface area contributed by atoms with Crippen LogP contribution in [0.1, 0.15) is 116 Å². The number of rotatable bonds is 18. The van der Waals surface area contributed by atoms with Crippen molar-refractivity contribution in [1.29, 1.82) is 0 Å². The summed E-state index contributed by atoms with van der Waals surface area (Å²) in [5.74, 6) is -1.38. The Morgan fingerprint density at radius 2 is 1.63 bits per heavy atom. The van der Waals surface area contributed by atoms with E-state index < -0.39 is 35.6 Å². The van der Waals surface area contributed by atoms with Gasteiger partial charge in [0.05, 0.1) is 0 Å². The first-order valence-corrected chi connectivity index (χ1v) is 15.0. The number of hydrogen-bond donors (Lipinski definition) is 4. The molecule has 10 heteroatoms. The second-order valence-corrected chi connectivity index (χ2v) is 11.6. The highest BCUT2D eigenvalue weighted by Gasteiger charge is 2.36. The van der Waals surface area contributed by atoms with Gasteiger partial charge in [0, 0.05) is 19.5 Å². The number of primary amides is 1. The van der Waals surface area contributed by atoms with Crippen LogP contribution in [0.4, 0.5) is 4.79 Å². The number of phenols is 1. The van der Waals surface area contributed by atoms with E-state index in [2.05, 4.69) is 24.5 Å². The number of alkyl carbamates (subject to hydrolysis) is 1. The van der Waals surface area contributed by atoms with Gasteiger partial charge in [-0.15, -0.1) is 0 Å². The smallest absolute Gasteiger partial charge is 0.408 e. The number of benzene rings is 1. The van der Waals surface area contributed by atoms with Gasteiger partial charge in [0.1, 0.15) is 23.4 Å². The lowest BCUT2D eigenvalue weighted by Crippen LogP contribution is -2.53. The van der Waals surface area contributed by atoms with Crippen LogP contribution in [-0.2, 0) is 19.1 Å². The van der Waals surface area contributed by atoms with Crippen molar-refractivity contribution in [2.45, 2.75) is 123 Å². The zero-order valence-corrected chi connectivity index (χ0v) is 25.9. The number of nitrogens with zero attached hydrogens (tertiary/aromatic N) is 1. The second kappa shape index (κ2) is 18.2. The lowest BCUT2D eigenvalue weighted by molar-refractivity contribution is -0.142. The highest BCUT2D eigenvalue weighted by atomic mass is 16.6. The number of amides is 4. The molecule has 0 saturated heterocycles. The molecule has 0 aliphatic carbocycles. The fourth-order valence-corrected chi connectivity index (χ4v) is 4.45. The number of aromatic hydroxyl groups is 1. The Kier molecular flexibility index (Phi) is 15.9. The van der Waals surface area contributed by atoms with Crippen molar-refractivity contribution < 1.29 is 29.0 Å². The Labute approximate surface area is 245 Å². The molecule has 5 N–H and O–H groups in total. The lowest BCUT2D eigenvalue weighted by Gasteiger charge is -2.35. The van der Waals surface area contributed by atoms with E-state index in [0.29, 0.717) is 24.1 Å². The van der Waals surface area contributed by atoms with E-state index in [1.807, 2.05) is 0 Å². The zero-order valence-electron chi connectivity index (χ0n) is 25.9. The molecule has 0 spiro atoms. The first-order chi connectivity index (χ1) is 19.3. The number of aryl methyl sites for hydroxylation is 1. The van der Waals surface area contributed by atoms with Gasteiger partial charge < -0.3 is 31.1 Å². The first-order valence-electron chi connectivity index (χ1n) is 15.0. The van der Waals surface area contributed by atoms with Gasteiger partial charge in [0.2, 0.25) is 17.7 Å². The minimum absolute atomic E-state index is 0.0425. The van der Waals surface area contributed by atoms with Gasteiger partial charge in [0.15, 0.2) is 0 Å². The van der Waals surface area contributed by atoms with E-state index in [9.17, 15) is 24.3 Å². The number of hydrogen-bond acceptors (Lipinski definition) is 6. The van der Waals surface area contributed by atoms with E-state index in [0.717, 1.165) is 44.9 Å². The van der Waals surface area contributed by atoms with Crippen LogP contribution in [0.3, 0.4) is 0 Å². The van der Waals surface area contributed by atoms with Crippen LogP contribution in [0, 0.1) is 6.92 Å². The molecular formula is C31H52N4O6. The van der Waals surface area contributed by atoms with Crippen molar-refractivity contribution >= 4 is 23.8 Å². The number of carbonyl (C=O) groups is 4. The molecule has 0 radical (unpaired) electrons. The largest absolute Gasteiger partial charge is 0.508 e. The Bertz CT molecular complexity index is 991. The quantitative estimate of drug-likeness (QED) is 0.180. The van der Waals surface area contributed by atoms with Crippen LogP contribution in [0.2, 0.25) is 0 Å². The predicted molar refractivity (Wildman–Crippen MR) is 160 cm³/mol. The standard InChI is InChI=1S/C31H52N4O6/c1-7-9-11-12-14-20-35(29(39)24(16-18-26(32)37)34-30(40)41-31(4,5)6)27(28(38)33-19-13-10-8-2)23-15-17-25(36)22(3)21-23/h15,17,21,24,27,36H,7-14,16,18-20H2,1-6H3,(H2,32,37)(H,33,38)(H,34,40). The summed E-state index contributed by atoms with van der Waals surface area (Å²) in [6.45, 7) is 11.8. The molecule has 10 nitrogen and oxygen atoms in total. The highest BCUT2D eigenvalue weighted by Crippen LogP contribution is 2.28. The summed E-state index contributed by atoms with van der Waals surface area (Å²) in [6.07, 6.45) is 6.41. The summed E-state index contributed by atoms with van der Waals surface area (Å²) in [5, 5.41) is 15.7. The molecule has 4 amide bonds. The van der Waals surface area contributed by atoms with E-state index >= 15 is 0 Å². The van der Waals surface area contributed by atoms with Crippen LogP contribution < -0.4 is 16.4 Å². The van der Waals surface area contributed by atoms with Crippen molar-refractivity contribution in [2.75, 3.05) is 13.1 Å². The number of unbranched alkanes of at least 4 members (excludes halogenated alkanes) is 6. The van der Waals surface area contributed by atoms with Crippen LogP contribution in [0.25, 0.3) is 0 Å². The Balaban J connectivity index is 3.50. The third kappa shape index (κ3) is 13.7. The SMILES string of the molecule is CCCCCCCN(C(=O)C(CCC(N)=O)NC(=O)OC(C)(C)C)C(C(=O)NCCCCC)c1ccc(O)c(C)c1. The Hall–Kier alpha value is -3.30. The molecule has 1 rings (SSSR count). The number of nitrogens with one attached hydrogen (secondary N) is 2. The maximum absolute atomic E-state index is 14.2. The zero-order chi connectivity index (χ0) is 31.0. The Morgan fingerprint density at radius 3 is 2.22 bits per heavy atom. The van der Waals surface area contributed by atoms with E-state index in [-0.39, 0.29) is 31.0 Å². The molecule has 0 aliphatic rings. The van der Waals surface area contributed by atoms with Gasteiger partial charge in [-0.05, 0) is 70.2 Å². The first kappa shape index (κ1) is 35.7. The van der Waals surface area contributed by atoms with Crippen LogP contribution in [0.5, 0.6) is 5.75 Å². The summed E-state index contributed by atoms with van der Waals surface area (Å²) in [6, 6.07) is 2.70. The molecule has 2 unspecified atom stereocenters. The molecule has 0 aromatic heterocycles. The highest BCUT2D eigenvalue weighted by molar-refractivity contribution is 5.92. The van der Waals surface area contributed by atoms with Gasteiger partial charge in [-0.2, -0.15) is 0 Å². The second-order valence-electron chi connectivity index (χ2n) is 11.6. The van der Waals surface area contributed by atoms with Gasteiger partial charge in [-0.1, -0.05) is 58.4 Å². The van der Waals surface area contributed by atoms with Crippen molar-refractivity contribution in [3.05, 3.63) is 29.3 Å². The van der Waals surface area contributed by atoms with E-state index in [1.54, 1.807) is 39.8 Å². The van der Waals surface area contributed by atoms with Crippen molar-refractivity contribution in [2.24, 2.45) is 5.73 Å². The summed E-state index contributed by atoms with van der Waals surface area (Å²) in [7, 11) is 0. The topological polar surface area (TPSA) is 151 Å². The van der Waals surface area contributed by atoms with E-state index in [1.165, 1.54) is 11.0 Å². The van der Waals surface area contributed by atoms with Crippen LogP contribution >= 0.6 is 0 Å². The van der Waals surface area contributed by atoms with Crippen LogP contribution in [-0.4, -0.2) is 58.6 Å². The fraction of sp³-hybridized carbons (Fsp3) is 0.677. The maximum Gasteiger partial charge on any atom is 0.408 e. The molecule has 2 atom stereocenters. The molecule has 0 saturated carbocycles. The summed E-state index contributed by atoms with van der Waals surface area (Å²) >= 11 is 0. The predicted octanol–water partition coefficient (Wildman–Crippen LogP) is 5.01. The van der Waals surface area contributed by atoms with Crippen LogP contribution in [0.15, 0.2) is 18.2 Å². The third-order valence-electron chi connectivity index (χ3n) is 6.63. The molecule has 0 bridgehead atoms. The molecule has 232 valence electrons. The monoisotopic (exact) mass is 576 g/mol. The van der Waals surface area contributed by atoms with Crippen molar-refractivity contribution in [3.63, 3.8) is 0 Å². The number of phenolic OH excluding ortho intramolecular Hbond substituents is 1. The molecule has 1 aromatic carbocycles. The molecule has 0 fully saturated rings. The average molecular weight is 577 g/mol. The summed E-state index contributed by atoms with van der Waals surface area (Å²) < 4.78 is 5.38. The lowest BCUT2D eigenvalue weighted by atomic mass is 9.98. The molecular weight excluding hydrogens is 524 g/mol. The molecule has 0 aliphatic heterocycles. The van der Waals surface area contributed by atoms with Gasteiger partial charge >= 0.3 is 6.09 Å². The van der Waals surface area contributed by atoms with E-state index in [4.69, 9.17) is 10.5 Å². The summed E-state index contributed by atoms with van der Waals surface area (Å²) in [5.41, 5.74) is 5.70. The normalized spacial score (nSPS) is 12.7. The molecule has 41 heavy (non-hydrogen) atoms. The number of carbonyl (C=O) groups excluding carboxylic acids is 4.